The van der Waals surface area contributed by atoms with Crippen molar-refractivity contribution in [1.29, 1.82) is 0 Å². The molecular formula is C28H64N2O7Si4. The Morgan fingerprint density at radius 3 is 1.37 bits per heavy atom. The highest BCUT2D eigenvalue weighted by Crippen LogP contribution is 2.19. The third kappa shape index (κ3) is 20.2. The lowest BCUT2D eigenvalue weighted by Gasteiger charge is -2.36. The van der Waals surface area contributed by atoms with Crippen molar-refractivity contribution in [3.05, 3.63) is 0 Å². The van der Waals surface area contributed by atoms with Crippen molar-refractivity contribution in [3.63, 3.8) is 0 Å². The molecule has 0 heterocycles. The zero-order chi connectivity index (χ0) is 30.8. The van der Waals surface area contributed by atoms with E-state index in [1.54, 1.807) is 21.3 Å². The monoisotopic (exact) mass is 652 g/mol. The van der Waals surface area contributed by atoms with Gasteiger partial charge in [0.1, 0.15) is 0 Å². The number of unbranched alkanes of at least 4 members (excludes halogenated alkanes) is 5. The van der Waals surface area contributed by atoms with Crippen LogP contribution in [0.5, 0.6) is 0 Å². The predicted octanol–water partition coefficient (Wildman–Crippen LogP) is 5.38. The van der Waals surface area contributed by atoms with E-state index in [2.05, 4.69) is 51.6 Å². The molecule has 0 aromatic heterocycles. The van der Waals surface area contributed by atoms with E-state index in [0.717, 1.165) is 86.4 Å². The van der Waals surface area contributed by atoms with Gasteiger partial charge in [0, 0.05) is 59.6 Å². The molecule has 0 saturated carbocycles. The van der Waals surface area contributed by atoms with E-state index in [1.807, 2.05) is 0 Å². The normalized spacial score (nSPS) is 12.7. The first-order chi connectivity index (χ1) is 19.9. The molecule has 41 heavy (non-hydrogen) atoms. The maximum Gasteiger partial charge on any atom is 0.500 e. The second-order valence-corrected chi connectivity index (χ2v) is 18.3. The van der Waals surface area contributed by atoms with Crippen molar-refractivity contribution in [2.45, 2.75) is 109 Å². The van der Waals surface area contributed by atoms with Gasteiger partial charge in [-0.25, -0.2) is 0 Å². The molecule has 0 spiro atoms. The van der Waals surface area contributed by atoms with Gasteiger partial charge in [0.25, 0.3) is 0 Å². The van der Waals surface area contributed by atoms with Gasteiger partial charge < -0.3 is 31.0 Å². The average Bonchev–Trinajstić information content (AvgIpc) is 2.96. The van der Waals surface area contributed by atoms with Crippen molar-refractivity contribution in [2.75, 3.05) is 74.9 Å². The minimum atomic E-state index is -2.42. The van der Waals surface area contributed by atoms with E-state index in [9.17, 15) is 0 Å². The van der Waals surface area contributed by atoms with Crippen molar-refractivity contribution >= 4 is 36.9 Å². The molecule has 0 rings (SSSR count). The Bertz CT molecular complexity index is 523. The fourth-order valence-electron chi connectivity index (χ4n) is 4.82. The number of rotatable bonds is 31. The molecule has 0 fully saturated rings. The highest BCUT2D eigenvalue weighted by molar-refractivity contribution is 6.60. The van der Waals surface area contributed by atoms with Crippen LogP contribution in [0.25, 0.3) is 0 Å². The average molecular weight is 653 g/mol. The standard InChI is InChI=1S/C28H64N2O7Si4/c1-10-34-39(35-11-2)25-20-22-29(5)28(30(6)23-21-26-40(36-12-3)37-13-4)38-24-18-16-14-15-17-19-27-41(31-7,32-8)33-9/h28H,10-27H2,1-9H3. The van der Waals surface area contributed by atoms with Gasteiger partial charge in [-0.05, 0) is 86.2 Å². The Kier molecular flexibility index (Phi) is 28.4. The van der Waals surface area contributed by atoms with Crippen LogP contribution in [-0.2, 0) is 31.0 Å². The highest BCUT2D eigenvalue weighted by Gasteiger charge is 2.36. The number of nitrogens with zero attached hydrogens (tertiary/aromatic N) is 2. The summed E-state index contributed by atoms with van der Waals surface area (Å²) in [5, 5.41) is 0. The molecule has 9 nitrogen and oxygen atoms in total. The van der Waals surface area contributed by atoms with Gasteiger partial charge >= 0.3 is 27.4 Å². The predicted molar refractivity (Wildman–Crippen MR) is 176 cm³/mol. The molecule has 0 N–H and O–H groups in total. The maximum atomic E-state index is 5.86. The molecule has 0 aromatic rings. The van der Waals surface area contributed by atoms with Gasteiger partial charge in [-0.1, -0.05) is 38.1 Å². The fourth-order valence-corrected chi connectivity index (χ4v) is 11.1. The molecule has 0 aliphatic carbocycles. The Labute approximate surface area is 261 Å². The molecule has 4 radical (unpaired) electrons. The van der Waals surface area contributed by atoms with Crippen LogP contribution in [0, 0.1) is 0 Å². The molecule has 0 aliphatic rings. The second-order valence-electron chi connectivity index (χ2n) is 10.1. The van der Waals surface area contributed by atoms with E-state index < -0.39 is 27.4 Å². The van der Waals surface area contributed by atoms with Crippen molar-refractivity contribution < 1.29 is 31.0 Å². The zero-order valence-corrected chi connectivity index (χ0v) is 32.1. The maximum absolute atomic E-state index is 5.86. The van der Waals surface area contributed by atoms with Gasteiger partial charge in [-0.2, -0.15) is 0 Å². The van der Waals surface area contributed by atoms with Gasteiger partial charge in [0.15, 0.2) is 0 Å². The van der Waals surface area contributed by atoms with Crippen LogP contribution >= 0.6 is 0 Å². The van der Waals surface area contributed by atoms with Crippen molar-refractivity contribution in [1.82, 2.24) is 9.80 Å². The summed E-state index contributed by atoms with van der Waals surface area (Å²) in [6, 6.07) is 4.25. The fraction of sp³-hybridized carbons (Fsp3) is 1.00. The van der Waals surface area contributed by atoms with Crippen molar-refractivity contribution in [3.8, 4) is 0 Å². The Morgan fingerprint density at radius 2 is 0.976 bits per heavy atom. The molecule has 0 amide bonds. The van der Waals surface area contributed by atoms with E-state index in [0.29, 0.717) is 5.79 Å². The van der Waals surface area contributed by atoms with E-state index in [4.69, 9.17) is 31.0 Å². The smallest absolute Gasteiger partial charge is 0.394 e. The van der Waals surface area contributed by atoms with Crippen LogP contribution < -0.4 is 0 Å². The lowest BCUT2D eigenvalue weighted by atomic mass is 10.1. The van der Waals surface area contributed by atoms with Crippen LogP contribution in [0.2, 0.25) is 24.2 Å². The summed E-state index contributed by atoms with van der Waals surface area (Å²) in [7, 11) is 5.86. The minimum Gasteiger partial charge on any atom is -0.394 e. The lowest BCUT2D eigenvalue weighted by Crippen LogP contribution is -2.49. The lowest BCUT2D eigenvalue weighted by molar-refractivity contribution is 0.122. The topological polar surface area (TPSA) is 71.1 Å². The van der Waals surface area contributed by atoms with E-state index in [-0.39, 0.29) is 0 Å². The molecule has 0 bridgehead atoms. The summed E-state index contributed by atoms with van der Waals surface area (Å²) in [5.41, 5.74) is 0. The largest absolute Gasteiger partial charge is 0.500 e. The van der Waals surface area contributed by atoms with Crippen LogP contribution in [0.15, 0.2) is 0 Å². The quantitative estimate of drug-likeness (QED) is 0.0558. The third-order valence-corrected chi connectivity index (χ3v) is 15.7. The summed E-state index contributed by atoms with van der Waals surface area (Å²) in [6.45, 7) is 13.3. The summed E-state index contributed by atoms with van der Waals surface area (Å²) < 4.78 is 40.1. The Hall–Kier alpha value is 0.508. The van der Waals surface area contributed by atoms with Crippen LogP contribution in [-0.4, -0.2) is 127 Å². The third-order valence-electron chi connectivity index (χ3n) is 7.01. The highest BCUT2D eigenvalue weighted by atomic mass is 28.4. The first-order valence-electron chi connectivity index (χ1n) is 15.9. The van der Waals surface area contributed by atoms with E-state index in [1.165, 1.54) is 38.1 Å². The van der Waals surface area contributed by atoms with Crippen LogP contribution in [0.1, 0.15) is 79.1 Å². The molecule has 0 saturated heterocycles. The van der Waals surface area contributed by atoms with Gasteiger partial charge in [-0.15, -0.1) is 0 Å². The Morgan fingerprint density at radius 1 is 0.585 bits per heavy atom. The van der Waals surface area contributed by atoms with Crippen LogP contribution in [0.4, 0.5) is 0 Å². The minimum absolute atomic E-state index is 0.468. The summed E-state index contributed by atoms with van der Waals surface area (Å²) in [4.78, 5) is 5.12. The van der Waals surface area contributed by atoms with Gasteiger partial charge in [0.2, 0.25) is 0 Å². The second kappa shape index (κ2) is 28.0. The Balaban J connectivity index is 4.67. The van der Waals surface area contributed by atoms with Gasteiger partial charge in [0.05, 0.1) is 9.52 Å². The molecule has 0 aliphatic heterocycles. The molecule has 0 atom stereocenters. The SMILES string of the molecule is CCO[Si](CCCN(C)C([Si]CCCCCCCC[Si](OC)(OC)OC)N(C)CCC[Si](OCC)OCC)OCC. The zero-order valence-electron chi connectivity index (χ0n) is 28.1. The first kappa shape index (κ1) is 41.5. The number of hydrogen-bond acceptors (Lipinski definition) is 9. The van der Waals surface area contributed by atoms with Gasteiger partial charge in [-0.3, -0.25) is 9.80 Å². The van der Waals surface area contributed by atoms with Crippen molar-refractivity contribution in [2.24, 2.45) is 0 Å². The molecular weight excluding hydrogens is 589 g/mol. The summed E-state index contributed by atoms with van der Waals surface area (Å²) >= 11 is 0. The van der Waals surface area contributed by atoms with Crippen LogP contribution in [0.3, 0.4) is 0 Å². The molecule has 0 unspecified atom stereocenters. The molecule has 0 aromatic carbocycles. The first-order valence-corrected chi connectivity index (χ1v) is 22.1. The molecule has 13 heteroatoms. The number of hydrogen-bond donors (Lipinski definition) is 0. The summed E-state index contributed by atoms with van der Waals surface area (Å²) in [6.07, 6.45) is 9.70. The molecule has 244 valence electrons. The summed E-state index contributed by atoms with van der Waals surface area (Å²) in [5.74, 6) is 0.468. The van der Waals surface area contributed by atoms with E-state index >= 15 is 0 Å².